The van der Waals surface area contributed by atoms with Crippen molar-refractivity contribution in [3.63, 3.8) is 0 Å². The minimum Gasteiger partial charge on any atom is -0.469 e. The first-order valence-electron chi connectivity index (χ1n) is 5.54. The number of nitrogens with zero attached hydrogens (tertiary/aromatic N) is 1. The number of carbonyl (C=O) groups excluding carboxylic acids is 2. The number of rotatable bonds is 4. The van der Waals surface area contributed by atoms with Crippen LogP contribution in [0.25, 0.3) is 0 Å². The molecule has 16 heavy (non-hydrogen) atoms. The second-order valence-corrected chi connectivity index (χ2v) is 4.07. The zero-order chi connectivity index (χ0) is 11.5. The summed E-state index contributed by atoms with van der Waals surface area (Å²) in [4.78, 5) is 24.3. The summed E-state index contributed by atoms with van der Waals surface area (Å²) in [5.41, 5.74) is 0. The van der Waals surface area contributed by atoms with Gasteiger partial charge in [0.1, 0.15) is 12.0 Å². The monoisotopic (exact) mass is 221 g/mol. The van der Waals surface area contributed by atoms with Crippen LogP contribution in [0.2, 0.25) is 0 Å². The van der Waals surface area contributed by atoms with Crippen molar-refractivity contribution in [3.8, 4) is 0 Å². The fourth-order valence-corrected chi connectivity index (χ4v) is 2.16. The molecule has 0 spiro atoms. The Labute approximate surface area is 94.2 Å². The van der Waals surface area contributed by atoms with Crippen LogP contribution in [0.1, 0.15) is 31.4 Å². The maximum Gasteiger partial charge on any atom is 0.223 e. The average Bonchev–Trinajstić information content (AvgIpc) is 2.90. The quantitative estimate of drug-likeness (QED) is 0.725. The number of aldehydes is 1. The van der Waals surface area contributed by atoms with E-state index in [0.717, 1.165) is 12.0 Å². The van der Waals surface area contributed by atoms with Gasteiger partial charge in [0, 0.05) is 18.9 Å². The summed E-state index contributed by atoms with van der Waals surface area (Å²) in [6.07, 6.45) is 3.57. The number of amides is 1. The molecule has 1 aromatic heterocycles. The molecule has 1 amide bonds. The Morgan fingerprint density at radius 3 is 3.06 bits per heavy atom. The van der Waals surface area contributed by atoms with Gasteiger partial charge in [-0.2, -0.15) is 0 Å². The summed E-state index contributed by atoms with van der Waals surface area (Å²) < 4.78 is 5.29. The Kier molecular flexibility index (Phi) is 3.08. The summed E-state index contributed by atoms with van der Waals surface area (Å²) >= 11 is 0. The van der Waals surface area contributed by atoms with E-state index >= 15 is 0 Å². The number of carbonyl (C=O) groups is 2. The molecule has 2 heterocycles. The summed E-state index contributed by atoms with van der Waals surface area (Å²) in [7, 11) is 0. The van der Waals surface area contributed by atoms with Crippen molar-refractivity contribution in [3.05, 3.63) is 24.2 Å². The molecular weight excluding hydrogens is 206 g/mol. The molecule has 0 radical (unpaired) electrons. The highest BCUT2D eigenvalue weighted by molar-refractivity contribution is 5.82. The first-order chi connectivity index (χ1) is 7.76. The smallest absolute Gasteiger partial charge is 0.223 e. The lowest BCUT2D eigenvalue weighted by molar-refractivity contribution is -0.132. The van der Waals surface area contributed by atoms with E-state index in [-0.39, 0.29) is 17.9 Å². The Bertz CT molecular complexity index is 372. The molecule has 1 aliphatic heterocycles. The van der Waals surface area contributed by atoms with Crippen LogP contribution in [0.4, 0.5) is 0 Å². The molecule has 4 nitrogen and oxygen atoms in total. The van der Waals surface area contributed by atoms with Gasteiger partial charge in [-0.25, -0.2) is 0 Å². The molecular formula is C12H15NO3. The third-order valence-corrected chi connectivity index (χ3v) is 3.08. The van der Waals surface area contributed by atoms with Gasteiger partial charge in [-0.1, -0.05) is 6.92 Å². The molecule has 2 rings (SSSR count). The highest BCUT2D eigenvalue weighted by atomic mass is 16.3. The van der Waals surface area contributed by atoms with E-state index in [9.17, 15) is 9.59 Å². The van der Waals surface area contributed by atoms with E-state index in [0.29, 0.717) is 19.4 Å². The predicted molar refractivity (Wildman–Crippen MR) is 57.9 cm³/mol. The first-order valence-corrected chi connectivity index (χ1v) is 5.54. The van der Waals surface area contributed by atoms with Crippen LogP contribution in [0, 0.1) is 0 Å². The van der Waals surface area contributed by atoms with E-state index in [1.807, 2.05) is 19.1 Å². The number of likely N-dealkylation sites (tertiary alicyclic amines) is 1. The summed E-state index contributed by atoms with van der Waals surface area (Å²) in [6, 6.07) is 3.41. The van der Waals surface area contributed by atoms with Gasteiger partial charge in [0.2, 0.25) is 5.91 Å². The largest absolute Gasteiger partial charge is 0.469 e. The zero-order valence-electron chi connectivity index (χ0n) is 9.26. The summed E-state index contributed by atoms with van der Waals surface area (Å²) in [5.74, 6) is 0.966. The molecule has 1 saturated heterocycles. The van der Waals surface area contributed by atoms with Gasteiger partial charge in [-0.15, -0.1) is 0 Å². The Morgan fingerprint density at radius 1 is 1.69 bits per heavy atom. The molecule has 86 valence electrons. The van der Waals surface area contributed by atoms with Gasteiger partial charge in [-0.3, -0.25) is 4.79 Å². The fraction of sp³-hybridized carbons (Fsp3) is 0.500. The van der Waals surface area contributed by atoms with E-state index in [2.05, 4.69) is 0 Å². The molecule has 1 fully saturated rings. The van der Waals surface area contributed by atoms with E-state index in [1.54, 1.807) is 11.2 Å². The minimum absolute atomic E-state index is 0.0420. The zero-order valence-corrected chi connectivity index (χ0v) is 9.26. The lowest BCUT2D eigenvalue weighted by Gasteiger charge is -2.21. The van der Waals surface area contributed by atoms with E-state index < -0.39 is 0 Å². The number of furan rings is 1. The van der Waals surface area contributed by atoms with Crippen molar-refractivity contribution in [1.82, 2.24) is 4.90 Å². The maximum absolute atomic E-state index is 11.8. The third-order valence-electron chi connectivity index (χ3n) is 3.08. The summed E-state index contributed by atoms with van der Waals surface area (Å²) in [5, 5.41) is 0. The molecule has 2 atom stereocenters. The highest BCUT2D eigenvalue weighted by Crippen LogP contribution is 2.29. The molecule has 0 aromatic carbocycles. The highest BCUT2D eigenvalue weighted by Gasteiger charge is 2.35. The molecule has 1 aliphatic rings. The first kappa shape index (κ1) is 10.9. The van der Waals surface area contributed by atoms with Crippen LogP contribution in [0.15, 0.2) is 22.8 Å². The van der Waals surface area contributed by atoms with Crippen molar-refractivity contribution in [2.75, 3.05) is 6.54 Å². The fourth-order valence-electron chi connectivity index (χ4n) is 2.16. The van der Waals surface area contributed by atoms with Gasteiger partial charge < -0.3 is 14.1 Å². The molecule has 1 aromatic rings. The SMILES string of the molecule is CCC(C=O)N1CC(c2ccco2)CC1=O. The van der Waals surface area contributed by atoms with Crippen LogP contribution < -0.4 is 0 Å². The normalized spacial score (nSPS) is 22.4. The molecule has 0 bridgehead atoms. The molecule has 0 saturated carbocycles. The number of hydrogen-bond acceptors (Lipinski definition) is 3. The average molecular weight is 221 g/mol. The van der Waals surface area contributed by atoms with Crippen molar-refractivity contribution in [2.45, 2.75) is 31.7 Å². The van der Waals surface area contributed by atoms with Gasteiger partial charge in [-0.05, 0) is 18.6 Å². The Hall–Kier alpha value is -1.58. The Morgan fingerprint density at radius 2 is 2.50 bits per heavy atom. The lowest BCUT2D eigenvalue weighted by Crippen LogP contribution is -2.37. The predicted octanol–water partition coefficient (Wildman–Crippen LogP) is 1.57. The lowest BCUT2D eigenvalue weighted by atomic mass is 10.1. The second-order valence-electron chi connectivity index (χ2n) is 4.07. The standard InChI is InChI=1S/C12H15NO3/c1-2-10(8-14)13-7-9(6-12(13)15)11-4-3-5-16-11/h3-5,8-10H,2,6-7H2,1H3. The third kappa shape index (κ3) is 1.87. The molecule has 0 aliphatic carbocycles. The van der Waals surface area contributed by atoms with Crippen LogP contribution >= 0.6 is 0 Å². The van der Waals surface area contributed by atoms with Crippen LogP contribution in [-0.4, -0.2) is 29.7 Å². The van der Waals surface area contributed by atoms with Crippen LogP contribution in [0.5, 0.6) is 0 Å². The minimum atomic E-state index is -0.285. The summed E-state index contributed by atoms with van der Waals surface area (Å²) in [6.45, 7) is 2.50. The Balaban J connectivity index is 2.10. The molecule has 2 unspecified atom stereocenters. The van der Waals surface area contributed by atoms with E-state index in [1.165, 1.54) is 0 Å². The van der Waals surface area contributed by atoms with Gasteiger partial charge in [0.05, 0.1) is 12.3 Å². The van der Waals surface area contributed by atoms with Gasteiger partial charge >= 0.3 is 0 Å². The topological polar surface area (TPSA) is 50.5 Å². The van der Waals surface area contributed by atoms with Crippen LogP contribution in [0.3, 0.4) is 0 Å². The van der Waals surface area contributed by atoms with Gasteiger partial charge in [0.15, 0.2) is 0 Å². The van der Waals surface area contributed by atoms with E-state index in [4.69, 9.17) is 4.42 Å². The number of hydrogen-bond donors (Lipinski definition) is 0. The maximum atomic E-state index is 11.8. The molecule has 4 heteroatoms. The molecule has 0 N–H and O–H groups in total. The van der Waals surface area contributed by atoms with Crippen molar-refractivity contribution in [1.29, 1.82) is 0 Å². The second kappa shape index (κ2) is 4.51. The van der Waals surface area contributed by atoms with Crippen molar-refractivity contribution < 1.29 is 14.0 Å². The van der Waals surface area contributed by atoms with Crippen LogP contribution in [-0.2, 0) is 9.59 Å². The van der Waals surface area contributed by atoms with Crippen molar-refractivity contribution >= 4 is 12.2 Å². The van der Waals surface area contributed by atoms with Gasteiger partial charge in [0.25, 0.3) is 0 Å². The van der Waals surface area contributed by atoms with Crippen molar-refractivity contribution in [2.24, 2.45) is 0 Å².